The number of nitrogens with zero attached hydrogens (tertiary/aromatic N) is 3. The van der Waals surface area contributed by atoms with Gasteiger partial charge in [-0.25, -0.2) is 0 Å². The number of aromatic nitrogens is 2. The van der Waals surface area contributed by atoms with E-state index in [9.17, 15) is 17.4 Å². The summed E-state index contributed by atoms with van der Waals surface area (Å²) in [6.45, 7) is 0.462. The Balaban J connectivity index is 2.04. The van der Waals surface area contributed by atoms with Crippen molar-refractivity contribution >= 4 is 21.9 Å². The summed E-state index contributed by atoms with van der Waals surface area (Å²) in [4.78, 5) is 7.59. The molecule has 0 aliphatic carbocycles. The minimum atomic E-state index is -4.17. The summed E-state index contributed by atoms with van der Waals surface area (Å²) in [5.41, 5.74) is 1.47. The van der Waals surface area contributed by atoms with Crippen molar-refractivity contribution in [2.24, 2.45) is 0 Å². The number of hydrogen-bond acceptors (Lipinski definition) is 5. The van der Waals surface area contributed by atoms with E-state index in [4.69, 9.17) is 0 Å². The number of rotatable bonds is 5. The van der Waals surface area contributed by atoms with Crippen LogP contribution in [-0.4, -0.2) is 50.5 Å². The number of allylic oxidation sites excluding steroid dienone is 2. The molecule has 0 bridgehead atoms. The standard InChI is InChI=1S/C13H15FIN3O3S/c14-13-10-16-12(9-17-13)11-2-5-18(6-3-15-8-11)4-1-7-22(19,20)21/h2,5-6,8-10H,1,3-4,7H2,(H,19,20,21)/p-1/b5-2-,11-8+,18-6?. The molecule has 1 aromatic rings. The fourth-order valence-electron chi connectivity index (χ4n) is 1.72. The Morgan fingerprint density at radius 1 is 1.36 bits per heavy atom. The quantitative estimate of drug-likeness (QED) is 0.221. The first-order valence-corrected chi connectivity index (χ1v) is 10.8. The van der Waals surface area contributed by atoms with E-state index in [1.807, 2.05) is 16.9 Å². The van der Waals surface area contributed by atoms with Crippen LogP contribution in [0.1, 0.15) is 12.1 Å². The van der Waals surface area contributed by atoms with E-state index in [1.54, 1.807) is 6.20 Å². The van der Waals surface area contributed by atoms with E-state index in [0.717, 1.165) is 16.2 Å². The maximum atomic E-state index is 12.8. The van der Waals surface area contributed by atoms with Crippen LogP contribution < -0.4 is 21.2 Å². The van der Waals surface area contributed by atoms with Crippen LogP contribution in [0, 0.1) is 5.95 Å². The van der Waals surface area contributed by atoms with Gasteiger partial charge in [-0.1, -0.05) is 0 Å². The minimum absolute atomic E-state index is 0.222. The summed E-state index contributed by atoms with van der Waals surface area (Å²) in [5.74, 6) is -0.991. The van der Waals surface area contributed by atoms with Crippen LogP contribution in [0.4, 0.5) is 4.39 Å². The molecular formula is C13H14FIN3O3S-. The van der Waals surface area contributed by atoms with Crippen molar-refractivity contribution in [3.63, 3.8) is 0 Å². The summed E-state index contributed by atoms with van der Waals surface area (Å²) < 4.78 is 49.5. The van der Waals surface area contributed by atoms with Crippen molar-refractivity contribution in [2.45, 2.75) is 6.42 Å². The molecule has 0 radical (unpaired) electrons. The Morgan fingerprint density at radius 3 is 2.86 bits per heavy atom. The van der Waals surface area contributed by atoms with Gasteiger partial charge in [0.2, 0.25) is 0 Å². The topological polar surface area (TPSA) is 86.0 Å². The van der Waals surface area contributed by atoms with Gasteiger partial charge < -0.3 is 0 Å². The normalized spacial score (nSPS) is 19.9. The summed E-state index contributed by atoms with van der Waals surface area (Å²) in [6.07, 6.45) is 8.37. The summed E-state index contributed by atoms with van der Waals surface area (Å²) in [6, 6.07) is 0. The molecule has 0 unspecified atom stereocenters. The third-order valence-corrected chi connectivity index (χ3v) is 5.56. The number of alkyl halides is 1. The second kappa shape index (κ2) is 7.88. The van der Waals surface area contributed by atoms with Crippen LogP contribution in [0.15, 0.2) is 28.8 Å². The molecule has 0 spiro atoms. The van der Waals surface area contributed by atoms with E-state index < -0.39 is 16.1 Å². The molecule has 1 aromatic heterocycles. The molecule has 0 fully saturated rings. The van der Waals surface area contributed by atoms with Crippen LogP contribution in [-0.2, 0) is 10.1 Å². The van der Waals surface area contributed by atoms with Crippen LogP contribution in [0.5, 0.6) is 0 Å². The molecule has 2 heterocycles. The molecule has 6 nitrogen and oxygen atoms in total. The Bertz CT molecular complexity index is 715. The Hall–Kier alpha value is -1.20. The van der Waals surface area contributed by atoms with E-state index in [-0.39, 0.29) is 33.4 Å². The van der Waals surface area contributed by atoms with Gasteiger partial charge in [0.1, 0.15) is 0 Å². The zero-order chi connectivity index (χ0) is 16.0. The number of halogens is 2. The molecule has 2 rings (SSSR count). The first-order valence-electron chi connectivity index (χ1n) is 6.41. The van der Waals surface area contributed by atoms with Gasteiger partial charge in [-0.15, -0.1) is 0 Å². The van der Waals surface area contributed by atoms with Gasteiger partial charge in [0, 0.05) is 0 Å². The van der Waals surface area contributed by atoms with E-state index in [1.165, 1.54) is 6.20 Å². The number of hydrogen-bond donors (Lipinski definition) is 0. The molecular weight excluding hydrogens is 424 g/mol. The van der Waals surface area contributed by atoms with Crippen LogP contribution in [0.3, 0.4) is 0 Å². The summed E-state index contributed by atoms with van der Waals surface area (Å²) in [7, 11) is -4.17. The predicted molar refractivity (Wildman–Crippen MR) is 74.3 cm³/mol. The van der Waals surface area contributed by atoms with Gasteiger partial charge in [0.05, 0.1) is 0 Å². The molecule has 1 aliphatic heterocycles. The van der Waals surface area contributed by atoms with Crippen molar-refractivity contribution in [3.8, 4) is 0 Å². The predicted octanol–water partition coefficient (Wildman–Crippen LogP) is -2.41. The fourth-order valence-corrected chi connectivity index (χ4v) is 4.19. The zero-order valence-electron chi connectivity index (χ0n) is 11.5. The Morgan fingerprint density at radius 2 is 2.18 bits per heavy atom. The third-order valence-electron chi connectivity index (χ3n) is 2.76. The molecule has 0 saturated carbocycles. The van der Waals surface area contributed by atoms with Crippen molar-refractivity contribution in [1.82, 2.24) is 9.97 Å². The molecule has 0 atom stereocenters. The maximum absolute atomic E-state index is 12.8. The van der Waals surface area contributed by atoms with Gasteiger partial charge in [-0.05, 0) is 0 Å². The molecule has 0 N–H and O–H groups in total. The van der Waals surface area contributed by atoms with Gasteiger partial charge in [0.25, 0.3) is 0 Å². The summed E-state index contributed by atoms with van der Waals surface area (Å²) in [5, 5.41) is 0. The second-order valence-electron chi connectivity index (χ2n) is 4.45. The Kier molecular flexibility index (Phi) is 6.15. The van der Waals surface area contributed by atoms with Gasteiger partial charge >= 0.3 is 139 Å². The van der Waals surface area contributed by atoms with Crippen LogP contribution in [0.25, 0.3) is 5.57 Å². The molecule has 22 heavy (non-hydrogen) atoms. The SMILES string of the molecule is O=S(=O)([O-])CCC[N+]1=CC[I-]/C=C(c2cnc(F)cn2)\C=C/1. The second-order valence-corrected chi connectivity index (χ2v) is 8.36. The van der Waals surface area contributed by atoms with E-state index in [2.05, 4.69) is 14.1 Å². The van der Waals surface area contributed by atoms with Gasteiger partial charge in [-0.3, -0.25) is 0 Å². The molecule has 9 heteroatoms. The Labute approximate surface area is 138 Å². The van der Waals surface area contributed by atoms with Gasteiger partial charge in [-0.2, -0.15) is 0 Å². The first-order chi connectivity index (χ1) is 10.4. The van der Waals surface area contributed by atoms with E-state index >= 15 is 0 Å². The van der Waals surface area contributed by atoms with Crippen LogP contribution in [0.2, 0.25) is 0 Å². The van der Waals surface area contributed by atoms with Crippen molar-refractivity contribution in [3.05, 3.63) is 40.4 Å². The average Bonchev–Trinajstić information content (AvgIpc) is 2.42. The zero-order valence-corrected chi connectivity index (χ0v) is 14.5. The molecule has 0 amide bonds. The van der Waals surface area contributed by atoms with Crippen molar-refractivity contribution < 1.29 is 43.1 Å². The van der Waals surface area contributed by atoms with Gasteiger partial charge in [0.15, 0.2) is 0 Å². The molecule has 0 saturated heterocycles. The fraction of sp³-hybridized carbons (Fsp3) is 0.308. The molecule has 0 aromatic carbocycles. The monoisotopic (exact) mass is 438 g/mol. The van der Waals surface area contributed by atoms with Crippen molar-refractivity contribution in [2.75, 3.05) is 16.7 Å². The molecule has 1 aliphatic rings. The third kappa shape index (κ3) is 5.89. The molecule has 120 valence electrons. The van der Waals surface area contributed by atoms with Crippen molar-refractivity contribution in [1.29, 1.82) is 0 Å². The average molecular weight is 438 g/mol. The van der Waals surface area contributed by atoms with E-state index in [0.29, 0.717) is 12.2 Å². The first kappa shape index (κ1) is 17.2. The summed E-state index contributed by atoms with van der Waals surface area (Å²) >= 11 is -0.222. The van der Waals surface area contributed by atoms with Crippen LogP contribution >= 0.6 is 0 Å².